The zero-order valence-corrected chi connectivity index (χ0v) is 11.9. The van der Waals surface area contributed by atoms with Gasteiger partial charge in [-0.3, -0.25) is 4.79 Å². The van der Waals surface area contributed by atoms with Crippen molar-refractivity contribution in [1.29, 1.82) is 0 Å². The molecule has 3 heteroatoms. The monoisotopic (exact) mass is 260 g/mol. The molecular weight excluding hydrogens is 236 g/mol. The molecule has 1 aliphatic rings. The Bertz CT molecular complexity index is 417. The van der Waals surface area contributed by atoms with E-state index in [2.05, 4.69) is 29.6 Å². The van der Waals surface area contributed by atoms with E-state index in [1.165, 1.54) is 5.56 Å². The van der Waals surface area contributed by atoms with Crippen LogP contribution in [0.15, 0.2) is 30.3 Å². The Morgan fingerprint density at radius 2 is 1.95 bits per heavy atom. The van der Waals surface area contributed by atoms with Gasteiger partial charge in [0.2, 0.25) is 5.91 Å². The maximum Gasteiger partial charge on any atom is 0.227 e. The minimum atomic E-state index is -0.385. The summed E-state index contributed by atoms with van der Waals surface area (Å²) in [6, 6.07) is 10.7. The fourth-order valence-electron chi connectivity index (χ4n) is 2.70. The first-order valence-corrected chi connectivity index (χ1v) is 7.23. The van der Waals surface area contributed by atoms with Crippen LogP contribution in [0.2, 0.25) is 0 Å². The van der Waals surface area contributed by atoms with E-state index in [1.54, 1.807) is 0 Å². The summed E-state index contributed by atoms with van der Waals surface area (Å²) in [5.74, 6) is 0.609. The number of amides is 1. The number of carbonyl (C=O) groups is 1. The van der Waals surface area contributed by atoms with Gasteiger partial charge in [-0.15, -0.1) is 0 Å². The van der Waals surface area contributed by atoms with Gasteiger partial charge in [0.25, 0.3) is 0 Å². The lowest BCUT2D eigenvalue weighted by atomic mass is 9.81. The molecule has 0 radical (unpaired) electrons. The van der Waals surface area contributed by atoms with E-state index in [0.29, 0.717) is 18.5 Å². The predicted molar refractivity (Wildman–Crippen MR) is 77.8 cm³/mol. The summed E-state index contributed by atoms with van der Waals surface area (Å²) in [6.45, 7) is 4.50. The smallest absolute Gasteiger partial charge is 0.227 e. The van der Waals surface area contributed by atoms with E-state index in [1.807, 2.05) is 19.9 Å². The Balaban J connectivity index is 1.95. The molecule has 19 heavy (non-hydrogen) atoms. The van der Waals surface area contributed by atoms with Crippen molar-refractivity contribution < 1.29 is 4.79 Å². The molecule has 0 saturated heterocycles. The van der Waals surface area contributed by atoms with Gasteiger partial charge in [-0.05, 0) is 24.8 Å². The largest absolute Gasteiger partial charge is 0.352 e. The van der Waals surface area contributed by atoms with Crippen molar-refractivity contribution in [2.75, 3.05) is 6.54 Å². The maximum absolute atomic E-state index is 12.4. The summed E-state index contributed by atoms with van der Waals surface area (Å²) in [5, 5.41) is 3.18. The van der Waals surface area contributed by atoms with E-state index in [4.69, 9.17) is 5.73 Å². The molecule has 2 atom stereocenters. The minimum absolute atomic E-state index is 0.128. The molecule has 1 amide bonds. The molecule has 0 aromatic heterocycles. The fraction of sp³-hybridized carbons (Fsp3) is 0.562. The molecule has 0 bridgehead atoms. The van der Waals surface area contributed by atoms with Crippen LogP contribution in [0.25, 0.3) is 0 Å². The van der Waals surface area contributed by atoms with E-state index < -0.39 is 0 Å². The highest BCUT2D eigenvalue weighted by molar-refractivity contribution is 5.83. The van der Waals surface area contributed by atoms with Gasteiger partial charge in [0.1, 0.15) is 0 Å². The van der Waals surface area contributed by atoms with Crippen LogP contribution in [0.3, 0.4) is 0 Å². The highest BCUT2D eigenvalue weighted by Gasteiger charge is 2.43. The average Bonchev–Trinajstić information content (AvgIpc) is 3.22. The average molecular weight is 260 g/mol. The Hall–Kier alpha value is -1.35. The predicted octanol–water partition coefficient (Wildman–Crippen LogP) is 2.42. The SMILES string of the molecule is CCC(CC)(CN)C(=O)NC1CC1c1ccccc1. The van der Waals surface area contributed by atoms with Crippen molar-refractivity contribution in [2.45, 2.75) is 45.1 Å². The first kappa shape index (κ1) is 14.1. The molecular formula is C16H24N2O. The number of rotatable bonds is 6. The van der Waals surface area contributed by atoms with Crippen LogP contribution in [0, 0.1) is 5.41 Å². The van der Waals surface area contributed by atoms with E-state index in [0.717, 1.165) is 19.3 Å². The molecule has 0 heterocycles. The molecule has 3 N–H and O–H groups in total. The van der Waals surface area contributed by atoms with Gasteiger partial charge >= 0.3 is 0 Å². The van der Waals surface area contributed by atoms with E-state index >= 15 is 0 Å². The molecule has 2 unspecified atom stereocenters. The van der Waals surface area contributed by atoms with Crippen molar-refractivity contribution in [3.05, 3.63) is 35.9 Å². The number of nitrogens with two attached hydrogens (primary N) is 1. The Morgan fingerprint density at radius 1 is 1.32 bits per heavy atom. The third-order valence-corrected chi connectivity index (χ3v) is 4.56. The summed E-state index contributed by atoms with van der Waals surface area (Å²) >= 11 is 0. The van der Waals surface area contributed by atoms with E-state index in [-0.39, 0.29) is 11.3 Å². The van der Waals surface area contributed by atoms with Crippen LogP contribution >= 0.6 is 0 Å². The molecule has 1 fully saturated rings. The van der Waals surface area contributed by atoms with Crippen LogP contribution in [-0.2, 0) is 4.79 Å². The summed E-state index contributed by atoms with van der Waals surface area (Å²) in [4.78, 5) is 12.4. The molecule has 1 aliphatic carbocycles. The van der Waals surface area contributed by atoms with Crippen molar-refractivity contribution in [1.82, 2.24) is 5.32 Å². The van der Waals surface area contributed by atoms with Gasteiger partial charge in [-0.25, -0.2) is 0 Å². The number of carbonyl (C=O) groups excluding carboxylic acids is 1. The number of hydrogen-bond acceptors (Lipinski definition) is 2. The zero-order chi connectivity index (χ0) is 13.9. The van der Waals surface area contributed by atoms with Crippen molar-refractivity contribution in [3.8, 4) is 0 Å². The van der Waals surface area contributed by atoms with Crippen molar-refractivity contribution in [3.63, 3.8) is 0 Å². The van der Waals surface area contributed by atoms with Gasteiger partial charge in [-0.2, -0.15) is 0 Å². The number of benzene rings is 1. The highest BCUT2D eigenvalue weighted by Crippen LogP contribution is 2.41. The van der Waals surface area contributed by atoms with Crippen molar-refractivity contribution in [2.24, 2.45) is 11.1 Å². The minimum Gasteiger partial charge on any atom is -0.352 e. The molecule has 2 rings (SSSR count). The van der Waals surface area contributed by atoms with Crippen LogP contribution in [0.5, 0.6) is 0 Å². The number of nitrogens with one attached hydrogen (secondary N) is 1. The zero-order valence-electron chi connectivity index (χ0n) is 11.9. The van der Waals surface area contributed by atoms with Crippen molar-refractivity contribution >= 4 is 5.91 Å². The molecule has 1 aromatic rings. The van der Waals surface area contributed by atoms with Crippen LogP contribution in [-0.4, -0.2) is 18.5 Å². The first-order valence-electron chi connectivity index (χ1n) is 7.23. The van der Waals surface area contributed by atoms with Gasteiger partial charge in [0.15, 0.2) is 0 Å². The summed E-state index contributed by atoms with van der Waals surface area (Å²) in [7, 11) is 0. The Kier molecular flexibility index (Phi) is 4.25. The third-order valence-electron chi connectivity index (χ3n) is 4.56. The quantitative estimate of drug-likeness (QED) is 0.825. The lowest BCUT2D eigenvalue weighted by Crippen LogP contribution is -2.46. The second kappa shape index (κ2) is 5.74. The number of hydrogen-bond donors (Lipinski definition) is 2. The van der Waals surface area contributed by atoms with Crippen LogP contribution in [0.4, 0.5) is 0 Å². The lowest BCUT2D eigenvalue weighted by Gasteiger charge is -2.28. The Morgan fingerprint density at radius 3 is 2.47 bits per heavy atom. The summed E-state index contributed by atoms with van der Waals surface area (Å²) in [5.41, 5.74) is 6.74. The van der Waals surface area contributed by atoms with E-state index in [9.17, 15) is 4.79 Å². The maximum atomic E-state index is 12.4. The third kappa shape index (κ3) is 2.81. The van der Waals surface area contributed by atoms with Gasteiger partial charge in [-0.1, -0.05) is 44.2 Å². The highest BCUT2D eigenvalue weighted by atomic mass is 16.2. The van der Waals surface area contributed by atoms with Crippen LogP contribution in [0.1, 0.15) is 44.6 Å². The molecule has 104 valence electrons. The Labute approximate surface area is 115 Å². The lowest BCUT2D eigenvalue weighted by molar-refractivity contribution is -0.131. The van der Waals surface area contributed by atoms with Gasteiger partial charge < -0.3 is 11.1 Å². The standard InChI is InChI=1S/C16H24N2O/c1-3-16(4-2,11-17)15(19)18-14-10-13(14)12-8-6-5-7-9-12/h5-9,13-14H,3-4,10-11,17H2,1-2H3,(H,18,19). The van der Waals surface area contributed by atoms with Gasteiger partial charge in [0, 0.05) is 18.5 Å². The second-order valence-electron chi connectivity index (χ2n) is 5.52. The molecule has 3 nitrogen and oxygen atoms in total. The molecule has 1 saturated carbocycles. The normalized spacial score (nSPS) is 22.1. The van der Waals surface area contributed by atoms with Gasteiger partial charge in [0.05, 0.1) is 5.41 Å². The second-order valence-corrected chi connectivity index (χ2v) is 5.52. The van der Waals surface area contributed by atoms with Crippen LogP contribution < -0.4 is 11.1 Å². The molecule has 0 aliphatic heterocycles. The molecule has 1 aromatic carbocycles. The fourth-order valence-corrected chi connectivity index (χ4v) is 2.70. The first-order chi connectivity index (χ1) is 9.16. The molecule has 0 spiro atoms. The summed E-state index contributed by atoms with van der Waals surface area (Å²) < 4.78 is 0. The summed E-state index contributed by atoms with van der Waals surface area (Å²) in [6.07, 6.45) is 2.65. The topological polar surface area (TPSA) is 55.1 Å².